The molecule has 1 aliphatic carbocycles. The normalized spacial score (nSPS) is 18.3. The summed E-state index contributed by atoms with van der Waals surface area (Å²) in [6, 6.07) is 10.4. The van der Waals surface area contributed by atoms with Crippen molar-refractivity contribution in [2.75, 3.05) is 21.1 Å². The summed E-state index contributed by atoms with van der Waals surface area (Å²) in [6.07, 6.45) is 6.14. The van der Waals surface area contributed by atoms with Crippen molar-refractivity contribution in [3.63, 3.8) is 0 Å². The van der Waals surface area contributed by atoms with Gasteiger partial charge in [-0.3, -0.25) is 4.99 Å². The van der Waals surface area contributed by atoms with Crippen molar-refractivity contribution in [2.45, 2.75) is 38.1 Å². The Labute approximate surface area is 139 Å². The molecule has 4 nitrogen and oxygen atoms in total. The molecule has 0 bridgehead atoms. The molecule has 0 spiro atoms. The summed E-state index contributed by atoms with van der Waals surface area (Å²) < 4.78 is 0.475. The molecule has 0 aliphatic heterocycles. The average molecular weight is 318 g/mol. The van der Waals surface area contributed by atoms with Gasteiger partial charge in [-0.1, -0.05) is 54.7 Å². The van der Waals surface area contributed by atoms with Gasteiger partial charge in [-0.15, -0.1) is 0 Å². The van der Waals surface area contributed by atoms with Crippen molar-refractivity contribution in [1.29, 1.82) is 0 Å². The lowest BCUT2D eigenvalue weighted by Gasteiger charge is -2.24. The Kier molecular flexibility index (Phi) is 5.91. The van der Waals surface area contributed by atoms with E-state index in [2.05, 4.69) is 10.3 Å². The van der Waals surface area contributed by atoms with Gasteiger partial charge in [0.1, 0.15) is 0 Å². The molecular formula is C17H26N4S. The minimum atomic E-state index is 0.370. The van der Waals surface area contributed by atoms with Crippen LogP contribution >= 0.6 is 0 Å². The largest absolute Gasteiger partial charge is 0.743 e. The molecule has 120 valence electrons. The summed E-state index contributed by atoms with van der Waals surface area (Å²) >= 11 is 5.43. The Morgan fingerprint density at radius 1 is 1.09 bits per heavy atom. The highest BCUT2D eigenvalue weighted by Crippen LogP contribution is 2.20. The molecule has 0 saturated heterocycles. The Hall–Kier alpha value is -1.46. The molecule has 0 unspecified atom stereocenters. The van der Waals surface area contributed by atoms with Crippen LogP contribution in [0.2, 0.25) is 0 Å². The zero-order valence-corrected chi connectivity index (χ0v) is 14.6. The molecular weight excluding hydrogens is 292 g/mol. The Morgan fingerprint density at radius 3 is 2.32 bits per heavy atom. The van der Waals surface area contributed by atoms with E-state index in [0.29, 0.717) is 15.8 Å². The number of hydrogen-bond donors (Lipinski definition) is 1. The molecule has 5 heteroatoms. The van der Waals surface area contributed by atoms with Gasteiger partial charge in [0, 0.05) is 11.6 Å². The van der Waals surface area contributed by atoms with Crippen LogP contribution in [-0.4, -0.2) is 42.8 Å². The molecule has 1 fully saturated rings. The average Bonchev–Trinajstić information content (AvgIpc) is 2.47. The number of hydrogen-bond acceptors (Lipinski definition) is 3. The first-order chi connectivity index (χ1) is 10.4. The van der Waals surface area contributed by atoms with Crippen LogP contribution in [-0.2, 0) is 12.6 Å². The number of nitrogens with zero attached hydrogens (tertiary/aromatic N) is 3. The first kappa shape index (κ1) is 16.9. The van der Waals surface area contributed by atoms with Crippen LogP contribution in [0.15, 0.2) is 40.4 Å². The lowest BCUT2D eigenvalue weighted by molar-refractivity contribution is -0.877. The van der Waals surface area contributed by atoms with E-state index >= 15 is 0 Å². The minimum absolute atomic E-state index is 0.370. The maximum Gasteiger partial charge on any atom is 0.193 e. The van der Waals surface area contributed by atoms with E-state index in [1.54, 1.807) is 0 Å². The second-order valence-corrected chi connectivity index (χ2v) is 6.99. The van der Waals surface area contributed by atoms with Gasteiger partial charge in [-0.05, 0) is 18.0 Å². The summed E-state index contributed by atoms with van der Waals surface area (Å²) in [5.74, 6) is 0.776. The highest BCUT2D eigenvalue weighted by atomic mass is 32.1. The second-order valence-electron chi connectivity index (χ2n) is 6.61. The molecule has 2 rings (SSSR count). The quantitative estimate of drug-likeness (QED) is 0.306. The van der Waals surface area contributed by atoms with Crippen molar-refractivity contribution >= 4 is 23.6 Å². The smallest absolute Gasteiger partial charge is 0.193 e. The molecule has 1 aromatic carbocycles. The highest BCUT2D eigenvalue weighted by molar-refractivity contribution is 7.77. The summed E-state index contributed by atoms with van der Waals surface area (Å²) in [4.78, 5) is 4.66. The van der Waals surface area contributed by atoms with E-state index in [1.807, 2.05) is 51.5 Å². The van der Waals surface area contributed by atoms with Gasteiger partial charge in [0.15, 0.2) is 5.84 Å². The standard InChI is InChI=1S/C17H26N4S/c1-21(2,3)20-16(14-10-6-4-7-11-14)19-17(22)18-15-12-8-5-9-13-15/h4,6-7,10-11,15H,5,8-9,12-13H2,1-3H3,(H-,18,19,20,22). The topological polar surface area (TPSA) is 36.8 Å². The Balaban J connectivity index is 2.16. The van der Waals surface area contributed by atoms with Crippen LogP contribution in [0.1, 0.15) is 37.7 Å². The van der Waals surface area contributed by atoms with Gasteiger partial charge < -0.3 is 17.9 Å². The number of nitrogens with one attached hydrogen (secondary N) is 1. The number of amidine groups is 2. The van der Waals surface area contributed by atoms with E-state index in [0.717, 1.165) is 24.2 Å². The first-order valence-electron chi connectivity index (χ1n) is 7.93. The van der Waals surface area contributed by atoms with Gasteiger partial charge >= 0.3 is 0 Å². The van der Waals surface area contributed by atoms with Crippen LogP contribution in [0.3, 0.4) is 0 Å². The lowest BCUT2D eigenvalue weighted by atomic mass is 9.96. The molecule has 0 heterocycles. The van der Waals surface area contributed by atoms with Crippen LogP contribution in [0.4, 0.5) is 0 Å². The minimum Gasteiger partial charge on any atom is -0.743 e. The molecule has 0 aromatic heterocycles. The number of rotatable bonds is 3. The van der Waals surface area contributed by atoms with Crippen molar-refractivity contribution in [1.82, 2.24) is 5.32 Å². The van der Waals surface area contributed by atoms with E-state index in [-0.39, 0.29) is 0 Å². The van der Waals surface area contributed by atoms with Gasteiger partial charge in [0.25, 0.3) is 0 Å². The molecule has 0 radical (unpaired) electrons. The summed E-state index contributed by atoms with van der Waals surface area (Å²) in [5, 5.41) is 8.49. The summed E-state index contributed by atoms with van der Waals surface area (Å²) in [7, 11) is 6.06. The molecule has 1 saturated carbocycles. The van der Waals surface area contributed by atoms with Crippen LogP contribution in [0, 0.1) is 0 Å². The Morgan fingerprint density at radius 2 is 1.73 bits per heavy atom. The number of quaternary nitrogens is 1. The van der Waals surface area contributed by atoms with Crippen molar-refractivity contribution in [2.24, 2.45) is 10.1 Å². The van der Waals surface area contributed by atoms with Gasteiger partial charge in [-0.2, -0.15) is 0 Å². The van der Waals surface area contributed by atoms with Crippen molar-refractivity contribution in [3.8, 4) is 0 Å². The van der Waals surface area contributed by atoms with E-state index < -0.39 is 0 Å². The highest BCUT2D eigenvalue weighted by Gasteiger charge is 2.13. The zero-order valence-electron chi connectivity index (χ0n) is 13.7. The molecule has 1 N–H and O–H groups in total. The van der Waals surface area contributed by atoms with Crippen LogP contribution in [0.5, 0.6) is 0 Å². The van der Waals surface area contributed by atoms with E-state index in [1.165, 1.54) is 19.3 Å². The zero-order chi connectivity index (χ0) is 16.0. The first-order valence-corrected chi connectivity index (χ1v) is 8.34. The van der Waals surface area contributed by atoms with Crippen molar-refractivity contribution in [3.05, 3.63) is 35.9 Å². The fourth-order valence-electron chi connectivity index (χ4n) is 2.56. The van der Waals surface area contributed by atoms with Gasteiger partial charge in [-0.25, -0.2) is 4.59 Å². The van der Waals surface area contributed by atoms with Crippen LogP contribution < -0.4 is 5.32 Å². The van der Waals surface area contributed by atoms with E-state index in [4.69, 9.17) is 17.7 Å². The SMILES string of the molecule is C[N+](C)(C)/N=C(\NC([S-])=NC1CCCCC1)c1ccccc1. The second kappa shape index (κ2) is 7.70. The molecule has 1 aromatic rings. The van der Waals surface area contributed by atoms with E-state index in [9.17, 15) is 0 Å². The third-order valence-electron chi connectivity index (χ3n) is 3.55. The fourth-order valence-corrected chi connectivity index (χ4v) is 2.81. The molecule has 0 atom stereocenters. The maximum atomic E-state index is 5.43. The third-order valence-corrected chi connectivity index (χ3v) is 3.75. The van der Waals surface area contributed by atoms with Crippen molar-refractivity contribution < 1.29 is 4.59 Å². The predicted molar refractivity (Wildman–Crippen MR) is 95.8 cm³/mol. The summed E-state index contributed by atoms with van der Waals surface area (Å²) in [5.41, 5.74) is 1.02. The predicted octanol–water partition coefficient (Wildman–Crippen LogP) is 2.88. The van der Waals surface area contributed by atoms with Crippen LogP contribution in [0.25, 0.3) is 0 Å². The number of benzene rings is 1. The maximum absolute atomic E-state index is 5.43. The van der Waals surface area contributed by atoms with Gasteiger partial charge in [0.05, 0.1) is 21.1 Å². The lowest BCUT2D eigenvalue weighted by Crippen LogP contribution is -2.37. The third kappa shape index (κ3) is 5.73. The molecule has 1 aliphatic rings. The summed E-state index contributed by atoms with van der Waals surface area (Å²) in [6.45, 7) is 0. The fraction of sp³-hybridized carbons (Fsp3) is 0.529. The molecule has 0 amide bonds. The Bertz CT molecular complexity index is 525. The van der Waals surface area contributed by atoms with Gasteiger partial charge in [0.2, 0.25) is 0 Å². The molecule has 22 heavy (non-hydrogen) atoms. The monoisotopic (exact) mass is 318 g/mol. The number of aliphatic imine (C=N–C) groups is 1.